The molecule has 11 heavy (non-hydrogen) atoms. The summed E-state index contributed by atoms with van der Waals surface area (Å²) in [6.45, 7) is 0. The van der Waals surface area contributed by atoms with Crippen molar-refractivity contribution in [3.8, 4) is 0 Å². The Morgan fingerprint density at radius 3 is 3.00 bits per heavy atom. The molecule has 0 amide bonds. The van der Waals surface area contributed by atoms with Gasteiger partial charge in [-0.2, -0.15) is 0 Å². The molecule has 2 rings (SSSR count). The van der Waals surface area contributed by atoms with Crippen LogP contribution in [0, 0.1) is 0 Å². The largest absolute Gasteiger partial charge is 0.375 e. The molecule has 0 aliphatic heterocycles. The van der Waals surface area contributed by atoms with Crippen molar-refractivity contribution in [2.75, 3.05) is 5.73 Å². The molecule has 0 aliphatic rings. The van der Waals surface area contributed by atoms with E-state index in [1.807, 2.05) is 6.07 Å². The van der Waals surface area contributed by atoms with Crippen LogP contribution >= 0.6 is 23.7 Å². The van der Waals surface area contributed by atoms with E-state index in [2.05, 4.69) is 9.97 Å². The van der Waals surface area contributed by atoms with E-state index in [-0.39, 0.29) is 12.4 Å². The van der Waals surface area contributed by atoms with Gasteiger partial charge in [0.15, 0.2) is 5.13 Å². The smallest absolute Gasteiger partial charge is 0.181 e. The average Bonchev–Trinajstić information content (AvgIpc) is 2.27. The molecule has 0 aromatic carbocycles. The third-order valence-electron chi connectivity index (χ3n) is 1.21. The Morgan fingerprint density at radius 1 is 1.45 bits per heavy atom. The van der Waals surface area contributed by atoms with Crippen LogP contribution in [-0.4, -0.2) is 9.97 Å². The number of anilines is 1. The highest BCUT2D eigenvalue weighted by atomic mass is 35.5. The van der Waals surface area contributed by atoms with E-state index in [9.17, 15) is 0 Å². The number of rotatable bonds is 0. The lowest BCUT2D eigenvalue weighted by molar-refractivity contribution is 1.34. The molecular formula is C6H6ClN3S. The Balaban J connectivity index is 0.000000605. The van der Waals surface area contributed by atoms with Gasteiger partial charge in [-0.25, -0.2) is 4.98 Å². The van der Waals surface area contributed by atoms with Gasteiger partial charge in [0, 0.05) is 6.20 Å². The van der Waals surface area contributed by atoms with Crippen LogP contribution in [0.2, 0.25) is 0 Å². The quantitative estimate of drug-likeness (QED) is 0.683. The predicted octanol–water partition coefficient (Wildman–Crippen LogP) is 1.70. The van der Waals surface area contributed by atoms with E-state index in [1.165, 1.54) is 11.3 Å². The van der Waals surface area contributed by atoms with E-state index in [0.29, 0.717) is 5.13 Å². The van der Waals surface area contributed by atoms with Crippen molar-refractivity contribution in [2.45, 2.75) is 0 Å². The molecule has 0 atom stereocenters. The van der Waals surface area contributed by atoms with Gasteiger partial charge >= 0.3 is 0 Å². The molecular weight excluding hydrogens is 182 g/mol. The fraction of sp³-hybridized carbons (Fsp3) is 0. The van der Waals surface area contributed by atoms with Gasteiger partial charge in [-0.15, -0.1) is 12.4 Å². The summed E-state index contributed by atoms with van der Waals surface area (Å²) in [6.07, 6.45) is 3.45. The molecule has 0 unspecified atom stereocenters. The minimum Gasteiger partial charge on any atom is -0.375 e. The summed E-state index contributed by atoms with van der Waals surface area (Å²) in [4.78, 5) is 7.96. The van der Waals surface area contributed by atoms with E-state index >= 15 is 0 Å². The summed E-state index contributed by atoms with van der Waals surface area (Å²) in [6, 6.07) is 1.91. The molecule has 2 aromatic rings. The molecule has 0 aliphatic carbocycles. The number of nitrogens with two attached hydrogens (primary N) is 1. The SMILES string of the molecule is Cl.Nc1nc2cnccc2s1. The van der Waals surface area contributed by atoms with Gasteiger partial charge in [0.2, 0.25) is 0 Å². The Labute approximate surface area is 73.7 Å². The first kappa shape index (κ1) is 8.23. The molecule has 0 bridgehead atoms. The second-order valence-corrected chi connectivity index (χ2v) is 2.96. The Kier molecular flexibility index (Phi) is 2.26. The second kappa shape index (κ2) is 3.02. The molecule has 0 saturated carbocycles. The van der Waals surface area contributed by atoms with E-state index in [1.54, 1.807) is 12.4 Å². The van der Waals surface area contributed by atoms with Crippen LogP contribution in [0.4, 0.5) is 5.13 Å². The van der Waals surface area contributed by atoms with Crippen molar-refractivity contribution in [3.63, 3.8) is 0 Å². The first-order valence-corrected chi connectivity index (χ1v) is 3.64. The zero-order chi connectivity index (χ0) is 6.97. The summed E-state index contributed by atoms with van der Waals surface area (Å²) in [5.41, 5.74) is 6.35. The standard InChI is InChI=1S/C6H5N3S.ClH/c7-6-9-4-3-8-2-1-5(4)10-6;/h1-3H,(H2,7,9);1H. The normalized spacial score (nSPS) is 9.45. The molecule has 0 radical (unpaired) electrons. The van der Waals surface area contributed by atoms with Crippen molar-refractivity contribution < 1.29 is 0 Å². The molecule has 2 aromatic heterocycles. The Bertz CT molecular complexity index is 326. The van der Waals surface area contributed by atoms with Crippen molar-refractivity contribution in [3.05, 3.63) is 18.5 Å². The number of halogens is 1. The van der Waals surface area contributed by atoms with Crippen LogP contribution in [0.5, 0.6) is 0 Å². The molecule has 3 nitrogen and oxygen atoms in total. The summed E-state index contributed by atoms with van der Waals surface area (Å²) < 4.78 is 1.09. The first-order chi connectivity index (χ1) is 4.86. The predicted molar refractivity (Wildman–Crippen MR) is 49.1 cm³/mol. The van der Waals surface area contributed by atoms with Crippen LogP contribution in [0.3, 0.4) is 0 Å². The van der Waals surface area contributed by atoms with Crippen molar-refractivity contribution in [2.24, 2.45) is 0 Å². The fourth-order valence-electron chi connectivity index (χ4n) is 0.798. The molecule has 0 spiro atoms. The van der Waals surface area contributed by atoms with Crippen LogP contribution in [0.25, 0.3) is 10.2 Å². The molecule has 58 valence electrons. The first-order valence-electron chi connectivity index (χ1n) is 2.82. The van der Waals surface area contributed by atoms with Crippen LogP contribution in [-0.2, 0) is 0 Å². The van der Waals surface area contributed by atoms with Crippen molar-refractivity contribution in [1.82, 2.24) is 9.97 Å². The summed E-state index contributed by atoms with van der Waals surface area (Å²) in [7, 11) is 0. The van der Waals surface area contributed by atoms with Gasteiger partial charge in [-0.05, 0) is 6.07 Å². The number of aromatic nitrogens is 2. The summed E-state index contributed by atoms with van der Waals surface area (Å²) in [5.74, 6) is 0. The maximum atomic E-state index is 5.47. The summed E-state index contributed by atoms with van der Waals surface area (Å²) in [5, 5.41) is 0.600. The minimum absolute atomic E-state index is 0. The second-order valence-electron chi connectivity index (χ2n) is 1.90. The maximum Gasteiger partial charge on any atom is 0.181 e. The lowest BCUT2D eigenvalue weighted by Gasteiger charge is -1.79. The zero-order valence-corrected chi connectivity index (χ0v) is 7.15. The highest BCUT2D eigenvalue weighted by Crippen LogP contribution is 2.21. The lowest BCUT2D eigenvalue weighted by atomic mass is 10.5. The molecule has 2 heterocycles. The fourth-order valence-corrected chi connectivity index (χ4v) is 1.50. The third-order valence-corrected chi connectivity index (χ3v) is 2.07. The highest BCUT2D eigenvalue weighted by Gasteiger charge is 1.97. The van der Waals surface area contributed by atoms with E-state index in [0.717, 1.165) is 10.2 Å². The van der Waals surface area contributed by atoms with Gasteiger partial charge in [0.1, 0.15) is 5.52 Å². The third kappa shape index (κ3) is 1.41. The van der Waals surface area contributed by atoms with Crippen molar-refractivity contribution in [1.29, 1.82) is 0 Å². The number of nitrogens with zero attached hydrogens (tertiary/aromatic N) is 2. The number of thiazole rings is 1. The summed E-state index contributed by atoms with van der Waals surface area (Å²) >= 11 is 1.48. The number of pyridine rings is 1. The van der Waals surface area contributed by atoms with Crippen LogP contribution in [0.1, 0.15) is 0 Å². The lowest BCUT2D eigenvalue weighted by Crippen LogP contribution is -1.79. The van der Waals surface area contributed by atoms with Gasteiger partial charge in [0.25, 0.3) is 0 Å². The number of hydrogen-bond donors (Lipinski definition) is 1. The van der Waals surface area contributed by atoms with E-state index < -0.39 is 0 Å². The molecule has 0 saturated heterocycles. The van der Waals surface area contributed by atoms with Crippen LogP contribution in [0.15, 0.2) is 18.5 Å². The van der Waals surface area contributed by atoms with Gasteiger partial charge in [0.05, 0.1) is 10.9 Å². The van der Waals surface area contributed by atoms with E-state index in [4.69, 9.17) is 5.73 Å². The molecule has 0 fully saturated rings. The number of hydrogen-bond acceptors (Lipinski definition) is 4. The van der Waals surface area contributed by atoms with Gasteiger partial charge < -0.3 is 5.73 Å². The van der Waals surface area contributed by atoms with Crippen LogP contribution < -0.4 is 5.73 Å². The molecule has 5 heteroatoms. The number of nitrogen functional groups attached to an aromatic ring is 1. The topological polar surface area (TPSA) is 51.8 Å². The van der Waals surface area contributed by atoms with Gasteiger partial charge in [-0.1, -0.05) is 11.3 Å². The highest BCUT2D eigenvalue weighted by molar-refractivity contribution is 7.22. The average molecular weight is 188 g/mol. The Hall–Kier alpha value is -0.870. The number of fused-ring (bicyclic) bond motifs is 1. The molecule has 2 N–H and O–H groups in total. The van der Waals surface area contributed by atoms with Crippen molar-refractivity contribution >= 4 is 39.1 Å². The zero-order valence-electron chi connectivity index (χ0n) is 5.52. The Morgan fingerprint density at radius 2 is 2.27 bits per heavy atom. The minimum atomic E-state index is 0. The maximum absolute atomic E-state index is 5.47. The van der Waals surface area contributed by atoms with Gasteiger partial charge in [-0.3, -0.25) is 4.98 Å². The monoisotopic (exact) mass is 187 g/mol.